The number of rotatable bonds is 6. The molecule has 0 atom stereocenters. The average molecular weight is 458 g/mol. The highest BCUT2D eigenvalue weighted by Gasteiger charge is 2.28. The predicted octanol–water partition coefficient (Wildman–Crippen LogP) is 4.35. The third kappa shape index (κ3) is 4.89. The minimum Gasteiger partial charge on any atom is -0.451 e. The average Bonchev–Trinajstić information content (AvgIpc) is 3.14. The van der Waals surface area contributed by atoms with Gasteiger partial charge in [-0.15, -0.1) is 0 Å². The molecule has 1 fully saturated rings. The Morgan fingerprint density at radius 2 is 1.77 bits per heavy atom. The van der Waals surface area contributed by atoms with Crippen molar-refractivity contribution < 1.29 is 14.0 Å². The number of para-hydroxylation sites is 2. The zero-order valence-electron chi connectivity index (χ0n) is 17.3. The maximum atomic E-state index is 13.2. The highest BCUT2D eigenvalue weighted by molar-refractivity contribution is 7.97. The Hall–Kier alpha value is -2.48. The van der Waals surface area contributed by atoms with Crippen molar-refractivity contribution in [3.8, 4) is 0 Å². The van der Waals surface area contributed by atoms with Crippen LogP contribution in [0.3, 0.4) is 0 Å². The molecule has 1 saturated heterocycles. The summed E-state index contributed by atoms with van der Waals surface area (Å²) in [6, 6.07) is 14.9. The van der Waals surface area contributed by atoms with Crippen LogP contribution in [0.5, 0.6) is 0 Å². The molecule has 1 N–H and O–H groups in total. The molecule has 0 unspecified atom stereocenters. The minimum absolute atomic E-state index is 0.0829. The second-order valence-electron chi connectivity index (χ2n) is 7.44. The first kappa shape index (κ1) is 21.7. The summed E-state index contributed by atoms with van der Waals surface area (Å²) in [5, 5.41) is 4.35. The fourth-order valence-electron chi connectivity index (χ4n) is 3.77. The van der Waals surface area contributed by atoms with Crippen LogP contribution in [-0.2, 0) is 10.5 Å². The first-order chi connectivity index (χ1) is 15.1. The molecule has 0 spiro atoms. The molecule has 2 heterocycles. The summed E-state index contributed by atoms with van der Waals surface area (Å²) in [6.45, 7) is 2.61. The largest absolute Gasteiger partial charge is 0.451 e. The van der Waals surface area contributed by atoms with Crippen LogP contribution in [0, 0.1) is 0 Å². The number of amides is 2. The Labute approximate surface area is 190 Å². The van der Waals surface area contributed by atoms with E-state index in [1.807, 2.05) is 52.5 Å². The number of furan rings is 1. The number of hydrogen-bond acceptors (Lipinski definition) is 5. The van der Waals surface area contributed by atoms with Crippen LogP contribution >= 0.6 is 23.4 Å². The van der Waals surface area contributed by atoms with E-state index in [4.69, 9.17) is 16.0 Å². The van der Waals surface area contributed by atoms with Gasteiger partial charge in [-0.3, -0.25) is 14.5 Å². The van der Waals surface area contributed by atoms with Crippen molar-refractivity contribution in [3.63, 3.8) is 0 Å². The highest BCUT2D eigenvalue weighted by atomic mass is 35.5. The SMILES string of the molecule is CSCc1c(C(=O)N2CCN(CC(=O)Nc3ccccc3Cl)CC2)oc2ccccc12. The molecule has 6 nitrogen and oxygen atoms in total. The van der Waals surface area contributed by atoms with Crippen molar-refractivity contribution in [1.29, 1.82) is 0 Å². The third-order valence-electron chi connectivity index (χ3n) is 5.36. The van der Waals surface area contributed by atoms with Crippen LogP contribution in [0.4, 0.5) is 5.69 Å². The number of piperazine rings is 1. The molecule has 0 bridgehead atoms. The first-order valence-corrected chi connectivity index (χ1v) is 11.9. The standard InChI is InChI=1S/C23H24ClN3O3S/c1-31-15-17-16-6-2-5-9-20(16)30-22(17)23(29)27-12-10-26(11-13-27)14-21(28)25-19-8-4-3-7-18(19)24/h2-9H,10-15H2,1H3,(H,25,28). The Kier molecular flexibility index (Phi) is 6.85. The summed E-state index contributed by atoms with van der Waals surface area (Å²) in [5.74, 6) is 0.952. The van der Waals surface area contributed by atoms with E-state index in [0.717, 1.165) is 22.3 Å². The summed E-state index contributed by atoms with van der Waals surface area (Å²) < 4.78 is 5.94. The molecule has 0 radical (unpaired) electrons. The molecule has 2 aromatic carbocycles. The Morgan fingerprint density at radius 1 is 1.06 bits per heavy atom. The van der Waals surface area contributed by atoms with E-state index in [2.05, 4.69) is 5.32 Å². The second-order valence-corrected chi connectivity index (χ2v) is 8.71. The molecular weight excluding hydrogens is 434 g/mol. The van der Waals surface area contributed by atoms with Crippen LogP contribution in [-0.4, -0.2) is 60.6 Å². The lowest BCUT2D eigenvalue weighted by molar-refractivity contribution is -0.117. The molecule has 162 valence electrons. The van der Waals surface area contributed by atoms with E-state index in [1.165, 1.54) is 0 Å². The van der Waals surface area contributed by atoms with E-state index in [0.29, 0.717) is 42.6 Å². The summed E-state index contributed by atoms with van der Waals surface area (Å²) in [5.41, 5.74) is 2.30. The molecule has 31 heavy (non-hydrogen) atoms. The number of benzene rings is 2. The lowest BCUT2D eigenvalue weighted by Gasteiger charge is -2.34. The van der Waals surface area contributed by atoms with Crippen LogP contribution in [0.1, 0.15) is 16.1 Å². The van der Waals surface area contributed by atoms with E-state index >= 15 is 0 Å². The van der Waals surface area contributed by atoms with Gasteiger partial charge >= 0.3 is 0 Å². The summed E-state index contributed by atoms with van der Waals surface area (Å²) in [6.07, 6.45) is 2.02. The predicted molar refractivity (Wildman–Crippen MR) is 126 cm³/mol. The van der Waals surface area contributed by atoms with Gasteiger partial charge in [-0.1, -0.05) is 41.9 Å². The van der Waals surface area contributed by atoms with Gasteiger partial charge in [-0.05, 0) is 24.5 Å². The maximum absolute atomic E-state index is 13.2. The lowest BCUT2D eigenvalue weighted by atomic mass is 10.1. The number of nitrogens with one attached hydrogen (secondary N) is 1. The van der Waals surface area contributed by atoms with Gasteiger partial charge in [-0.25, -0.2) is 0 Å². The molecule has 2 amide bonds. The monoisotopic (exact) mass is 457 g/mol. The highest BCUT2D eigenvalue weighted by Crippen LogP contribution is 2.30. The van der Waals surface area contributed by atoms with E-state index < -0.39 is 0 Å². The number of halogens is 1. The number of carbonyl (C=O) groups is 2. The van der Waals surface area contributed by atoms with Gasteiger partial charge in [0.2, 0.25) is 5.91 Å². The van der Waals surface area contributed by atoms with Crippen molar-refractivity contribution in [3.05, 3.63) is 64.9 Å². The van der Waals surface area contributed by atoms with Gasteiger partial charge in [0.05, 0.1) is 17.3 Å². The molecule has 1 aromatic heterocycles. The summed E-state index contributed by atoms with van der Waals surface area (Å²) in [7, 11) is 0. The van der Waals surface area contributed by atoms with Crippen molar-refractivity contribution in [1.82, 2.24) is 9.80 Å². The zero-order chi connectivity index (χ0) is 21.8. The van der Waals surface area contributed by atoms with Crippen LogP contribution in [0.2, 0.25) is 5.02 Å². The zero-order valence-corrected chi connectivity index (χ0v) is 18.8. The summed E-state index contributed by atoms with van der Waals surface area (Å²) >= 11 is 7.77. The number of nitrogens with zero attached hydrogens (tertiary/aromatic N) is 2. The van der Waals surface area contributed by atoms with Crippen molar-refractivity contribution in [2.75, 3.05) is 44.3 Å². The molecule has 0 saturated carbocycles. The minimum atomic E-state index is -0.118. The molecule has 1 aliphatic heterocycles. The van der Waals surface area contributed by atoms with Gasteiger partial charge in [-0.2, -0.15) is 11.8 Å². The van der Waals surface area contributed by atoms with Crippen LogP contribution < -0.4 is 5.32 Å². The maximum Gasteiger partial charge on any atom is 0.290 e. The van der Waals surface area contributed by atoms with E-state index in [9.17, 15) is 9.59 Å². The Morgan fingerprint density at radius 3 is 2.52 bits per heavy atom. The van der Waals surface area contributed by atoms with Gasteiger partial charge in [0.15, 0.2) is 5.76 Å². The van der Waals surface area contributed by atoms with Crippen LogP contribution in [0.25, 0.3) is 11.0 Å². The molecule has 0 aliphatic carbocycles. The van der Waals surface area contributed by atoms with Gasteiger partial charge in [0, 0.05) is 42.9 Å². The normalized spacial score (nSPS) is 14.7. The Balaban J connectivity index is 1.37. The molecule has 8 heteroatoms. The number of thioether (sulfide) groups is 1. The second kappa shape index (κ2) is 9.77. The fourth-order valence-corrected chi connectivity index (χ4v) is 4.53. The Bertz CT molecular complexity index is 1090. The number of fused-ring (bicyclic) bond motifs is 1. The van der Waals surface area contributed by atoms with E-state index in [-0.39, 0.29) is 18.4 Å². The van der Waals surface area contributed by atoms with Crippen molar-refractivity contribution in [2.45, 2.75) is 5.75 Å². The van der Waals surface area contributed by atoms with Crippen molar-refractivity contribution >= 4 is 51.8 Å². The third-order valence-corrected chi connectivity index (χ3v) is 6.26. The lowest BCUT2D eigenvalue weighted by Crippen LogP contribution is -2.50. The van der Waals surface area contributed by atoms with Crippen molar-refractivity contribution in [2.24, 2.45) is 0 Å². The van der Waals surface area contributed by atoms with Gasteiger partial charge in [0.25, 0.3) is 5.91 Å². The number of anilines is 1. The van der Waals surface area contributed by atoms with E-state index in [1.54, 1.807) is 23.9 Å². The smallest absolute Gasteiger partial charge is 0.290 e. The number of carbonyl (C=O) groups excluding carboxylic acids is 2. The quantitative estimate of drug-likeness (QED) is 0.596. The fraction of sp³-hybridized carbons (Fsp3) is 0.304. The summed E-state index contributed by atoms with van der Waals surface area (Å²) in [4.78, 5) is 29.4. The molecular formula is C23H24ClN3O3S. The first-order valence-electron chi connectivity index (χ1n) is 10.1. The number of hydrogen-bond donors (Lipinski definition) is 1. The molecule has 4 rings (SSSR count). The molecule has 3 aromatic rings. The van der Waals surface area contributed by atoms with Gasteiger partial charge in [0.1, 0.15) is 5.58 Å². The van der Waals surface area contributed by atoms with Crippen LogP contribution in [0.15, 0.2) is 52.9 Å². The topological polar surface area (TPSA) is 65.8 Å². The van der Waals surface area contributed by atoms with Gasteiger partial charge < -0.3 is 14.6 Å². The molecule has 1 aliphatic rings.